The molecule has 0 bridgehead atoms. The lowest BCUT2D eigenvalue weighted by molar-refractivity contribution is -0.131. The number of nitrogens with two attached hydrogens (primary N) is 1. The third kappa shape index (κ3) is 1.88. The van der Waals surface area contributed by atoms with E-state index in [-0.39, 0.29) is 19.1 Å². The second-order valence-corrected chi connectivity index (χ2v) is 3.00. The van der Waals surface area contributed by atoms with Gasteiger partial charge in [0.05, 0.1) is 13.1 Å². The van der Waals surface area contributed by atoms with Crippen molar-refractivity contribution < 1.29 is 8.78 Å². The topological polar surface area (TPSA) is 29.3 Å². The summed E-state index contributed by atoms with van der Waals surface area (Å²) in [7, 11) is 0. The number of halogens is 2. The number of nitrogens with zero attached hydrogens (tertiary/aromatic N) is 1. The highest BCUT2D eigenvalue weighted by molar-refractivity contribution is 4.87. The molecule has 0 aromatic carbocycles. The fourth-order valence-electron chi connectivity index (χ4n) is 1.14. The minimum Gasteiger partial charge on any atom is -0.327 e. The Balaban J connectivity index is 2.15. The molecule has 1 saturated heterocycles. The van der Waals surface area contributed by atoms with Crippen LogP contribution in [-0.4, -0.2) is 36.5 Å². The first-order valence-corrected chi connectivity index (χ1v) is 3.35. The van der Waals surface area contributed by atoms with E-state index in [2.05, 4.69) is 0 Å². The van der Waals surface area contributed by atoms with Gasteiger partial charge in [-0.1, -0.05) is 0 Å². The Morgan fingerprint density at radius 3 is 2.40 bits per heavy atom. The van der Waals surface area contributed by atoms with Gasteiger partial charge in [-0.15, -0.1) is 0 Å². The van der Waals surface area contributed by atoms with Gasteiger partial charge in [-0.25, -0.2) is 8.78 Å². The highest BCUT2D eigenvalue weighted by atomic mass is 19.3. The van der Waals surface area contributed by atoms with E-state index in [1.54, 1.807) is 4.90 Å². The molecule has 4 heteroatoms. The molecule has 0 radical (unpaired) electrons. The molecule has 0 aromatic heterocycles. The van der Waals surface area contributed by atoms with Crippen molar-refractivity contribution in [2.75, 3.05) is 19.6 Å². The van der Waals surface area contributed by atoms with Crippen molar-refractivity contribution >= 4 is 0 Å². The van der Waals surface area contributed by atoms with E-state index in [1.165, 1.54) is 0 Å². The van der Waals surface area contributed by atoms with E-state index in [4.69, 9.17) is 5.73 Å². The van der Waals surface area contributed by atoms with Gasteiger partial charge in [-0.2, -0.15) is 0 Å². The van der Waals surface area contributed by atoms with Crippen molar-refractivity contribution in [2.45, 2.75) is 18.9 Å². The zero-order valence-corrected chi connectivity index (χ0v) is 5.98. The van der Waals surface area contributed by atoms with Crippen LogP contribution in [0.3, 0.4) is 0 Å². The molecule has 0 aliphatic carbocycles. The van der Waals surface area contributed by atoms with E-state index in [0.29, 0.717) is 6.54 Å². The third-order valence-corrected chi connectivity index (χ3v) is 1.46. The first kappa shape index (κ1) is 7.88. The fourth-order valence-corrected chi connectivity index (χ4v) is 1.14. The van der Waals surface area contributed by atoms with Crippen molar-refractivity contribution in [1.82, 2.24) is 4.90 Å². The molecule has 1 aliphatic heterocycles. The van der Waals surface area contributed by atoms with Gasteiger partial charge in [0.25, 0.3) is 5.92 Å². The highest BCUT2D eigenvalue weighted by Gasteiger charge is 2.43. The minimum atomic E-state index is -2.45. The molecule has 60 valence electrons. The van der Waals surface area contributed by atoms with Crippen LogP contribution in [0, 0.1) is 0 Å². The molecule has 1 fully saturated rings. The summed E-state index contributed by atoms with van der Waals surface area (Å²) in [6.07, 6.45) is 0. The van der Waals surface area contributed by atoms with Gasteiger partial charge in [-0.05, 0) is 6.92 Å². The normalized spacial score (nSPS) is 27.6. The average Bonchev–Trinajstić information content (AvgIpc) is 1.57. The molecule has 10 heavy (non-hydrogen) atoms. The summed E-state index contributed by atoms with van der Waals surface area (Å²) in [6.45, 7) is 2.16. The standard InChI is InChI=1S/C6H12F2N2/c1-5(9)2-10-3-6(7,8)4-10/h5H,2-4,9H2,1H3. The maximum absolute atomic E-state index is 12.2. The van der Waals surface area contributed by atoms with Crippen LogP contribution in [0.1, 0.15) is 6.92 Å². The van der Waals surface area contributed by atoms with E-state index < -0.39 is 5.92 Å². The molecule has 2 nitrogen and oxygen atoms in total. The van der Waals surface area contributed by atoms with Crippen molar-refractivity contribution in [3.63, 3.8) is 0 Å². The smallest absolute Gasteiger partial charge is 0.272 e. The monoisotopic (exact) mass is 150 g/mol. The molecular weight excluding hydrogens is 138 g/mol. The number of hydrogen-bond acceptors (Lipinski definition) is 2. The van der Waals surface area contributed by atoms with Crippen LogP contribution in [0.25, 0.3) is 0 Å². The molecule has 1 rings (SSSR count). The maximum Gasteiger partial charge on any atom is 0.272 e. The Bertz CT molecular complexity index is 114. The summed E-state index contributed by atoms with van der Waals surface area (Å²) in [5.74, 6) is -2.45. The number of rotatable bonds is 2. The molecule has 2 N–H and O–H groups in total. The summed E-state index contributed by atoms with van der Waals surface area (Å²) < 4.78 is 24.3. The van der Waals surface area contributed by atoms with E-state index in [9.17, 15) is 8.78 Å². The number of alkyl halides is 2. The summed E-state index contributed by atoms with van der Waals surface area (Å²) in [5, 5.41) is 0. The molecule has 1 atom stereocenters. The van der Waals surface area contributed by atoms with Gasteiger partial charge in [0, 0.05) is 12.6 Å². The third-order valence-electron chi connectivity index (χ3n) is 1.46. The van der Waals surface area contributed by atoms with Crippen LogP contribution in [0.4, 0.5) is 8.78 Å². The predicted molar refractivity (Wildman–Crippen MR) is 35.0 cm³/mol. The lowest BCUT2D eigenvalue weighted by Gasteiger charge is -2.39. The molecule has 0 amide bonds. The second kappa shape index (κ2) is 2.43. The molecule has 0 spiro atoms. The molecule has 1 aliphatic rings. The Labute approximate surface area is 59.0 Å². The molecule has 1 heterocycles. The highest BCUT2D eigenvalue weighted by Crippen LogP contribution is 2.25. The molecular formula is C6H12F2N2. The average molecular weight is 150 g/mol. The summed E-state index contributed by atoms with van der Waals surface area (Å²) in [5.41, 5.74) is 5.40. The lowest BCUT2D eigenvalue weighted by Crippen LogP contribution is -2.58. The number of likely N-dealkylation sites (tertiary alicyclic amines) is 1. The first-order chi connectivity index (χ1) is 4.49. The second-order valence-electron chi connectivity index (χ2n) is 3.00. The van der Waals surface area contributed by atoms with Gasteiger partial charge < -0.3 is 5.73 Å². The van der Waals surface area contributed by atoms with Gasteiger partial charge in [-0.3, -0.25) is 4.90 Å². The lowest BCUT2D eigenvalue weighted by atomic mass is 10.1. The molecule has 0 saturated carbocycles. The van der Waals surface area contributed by atoms with Gasteiger partial charge in [0.2, 0.25) is 0 Å². The van der Waals surface area contributed by atoms with Crippen LogP contribution in [-0.2, 0) is 0 Å². The van der Waals surface area contributed by atoms with E-state index >= 15 is 0 Å². The fraction of sp³-hybridized carbons (Fsp3) is 1.00. The quantitative estimate of drug-likeness (QED) is 0.612. The Morgan fingerprint density at radius 1 is 1.60 bits per heavy atom. The van der Waals surface area contributed by atoms with Crippen LogP contribution in [0.5, 0.6) is 0 Å². The zero-order valence-electron chi connectivity index (χ0n) is 5.98. The molecule has 0 aromatic rings. The van der Waals surface area contributed by atoms with E-state index in [1.807, 2.05) is 6.92 Å². The van der Waals surface area contributed by atoms with Crippen LogP contribution >= 0.6 is 0 Å². The Morgan fingerprint density at radius 2 is 2.10 bits per heavy atom. The number of hydrogen-bond donors (Lipinski definition) is 1. The van der Waals surface area contributed by atoms with Crippen molar-refractivity contribution in [2.24, 2.45) is 5.73 Å². The van der Waals surface area contributed by atoms with Crippen molar-refractivity contribution in [3.05, 3.63) is 0 Å². The Hall–Kier alpha value is -0.220. The molecule has 1 unspecified atom stereocenters. The predicted octanol–water partition coefficient (Wildman–Crippen LogP) is 0.285. The largest absolute Gasteiger partial charge is 0.327 e. The van der Waals surface area contributed by atoms with Crippen LogP contribution in [0.2, 0.25) is 0 Å². The first-order valence-electron chi connectivity index (χ1n) is 3.35. The van der Waals surface area contributed by atoms with Gasteiger partial charge in [0.1, 0.15) is 0 Å². The SMILES string of the molecule is CC(N)CN1CC(F)(F)C1. The van der Waals surface area contributed by atoms with Crippen molar-refractivity contribution in [3.8, 4) is 0 Å². The van der Waals surface area contributed by atoms with Crippen LogP contribution in [0.15, 0.2) is 0 Å². The summed E-state index contributed by atoms with van der Waals surface area (Å²) >= 11 is 0. The van der Waals surface area contributed by atoms with Gasteiger partial charge >= 0.3 is 0 Å². The maximum atomic E-state index is 12.2. The van der Waals surface area contributed by atoms with E-state index in [0.717, 1.165) is 0 Å². The van der Waals surface area contributed by atoms with Crippen molar-refractivity contribution in [1.29, 1.82) is 0 Å². The Kier molecular flexibility index (Phi) is 1.92. The minimum absolute atomic E-state index is 0.00361. The summed E-state index contributed by atoms with van der Waals surface area (Å²) in [6, 6.07) is -0.00361. The zero-order chi connectivity index (χ0) is 7.78. The summed E-state index contributed by atoms with van der Waals surface area (Å²) in [4.78, 5) is 1.66. The van der Waals surface area contributed by atoms with Crippen LogP contribution < -0.4 is 5.73 Å². The van der Waals surface area contributed by atoms with Gasteiger partial charge in [0.15, 0.2) is 0 Å².